The molecule has 2 bridgehead atoms. The summed E-state index contributed by atoms with van der Waals surface area (Å²) in [6, 6.07) is 1.84. The maximum absolute atomic E-state index is 13.1. The molecule has 136 valence electrons. The molecule has 1 N–H and O–H groups in total. The van der Waals surface area contributed by atoms with E-state index in [-0.39, 0.29) is 23.5 Å². The largest absolute Gasteiger partial charge is 0.369 e. The summed E-state index contributed by atoms with van der Waals surface area (Å²) in [5, 5.41) is 6.83. The van der Waals surface area contributed by atoms with Crippen molar-refractivity contribution in [3.63, 3.8) is 0 Å². The van der Waals surface area contributed by atoms with Gasteiger partial charge in [0.1, 0.15) is 0 Å². The topological polar surface area (TPSA) is 67.4 Å². The normalized spacial score (nSPS) is 32.0. The van der Waals surface area contributed by atoms with Gasteiger partial charge in [0.15, 0.2) is 5.82 Å². The van der Waals surface area contributed by atoms with E-state index in [0.717, 1.165) is 25.9 Å². The molecule has 3 saturated heterocycles. The first-order valence-corrected chi connectivity index (χ1v) is 9.80. The van der Waals surface area contributed by atoms with Crippen LogP contribution in [0.5, 0.6) is 0 Å². The van der Waals surface area contributed by atoms with Crippen LogP contribution in [0.3, 0.4) is 0 Å². The molecule has 0 aliphatic carbocycles. The lowest BCUT2D eigenvalue weighted by Gasteiger charge is -2.29. The van der Waals surface area contributed by atoms with E-state index in [1.165, 1.54) is 23.7 Å². The molecule has 2 aromatic heterocycles. The number of nitrogens with one attached hydrogen (secondary N) is 1. The zero-order valence-electron chi connectivity index (χ0n) is 14.1. The van der Waals surface area contributed by atoms with E-state index in [1.807, 2.05) is 16.8 Å². The number of nitrogens with zero attached hydrogens (tertiary/aromatic N) is 3. The van der Waals surface area contributed by atoms with Gasteiger partial charge < -0.3 is 15.0 Å². The summed E-state index contributed by atoms with van der Waals surface area (Å²) in [7, 11) is 0. The van der Waals surface area contributed by atoms with Crippen LogP contribution in [0.15, 0.2) is 29.2 Å². The van der Waals surface area contributed by atoms with Crippen LogP contribution in [0.4, 0.5) is 10.3 Å². The van der Waals surface area contributed by atoms with Gasteiger partial charge in [0.05, 0.1) is 30.6 Å². The van der Waals surface area contributed by atoms with E-state index in [0.29, 0.717) is 24.0 Å². The molecule has 5 rings (SSSR count). The number of hydrogen-bond acceptors (Lipinski definition) is 6. The predicted molar refractivity (Wildman–Crippen MR) is 94.7 cm³/mol. The zero-order chi connectivity index (χ0) is 17.7. The summed E-state index contributed by atoms with van der Waals surface area (Å²) in [6.07, 6.45) is 4.65. The Morgan fingerprint density at radius 3 is 3.08 bits per heavy atom. The molecule has 26 heavy (non-hydrogen) atoms. The van der Waals surface area contributed by atoms with Crippen molar-refractivity contribution in [2.24, 2.45) is 11.8 Å². The Bertz CT molecular complexity index is 815. The molecule has 0 unspecified atom stereocenters. The Morgan fingerprint density at radius 2 is 2.31 bits per heavy atom. The van der Waals surface area contributed by atoms with Gasteiger partial charge in [0.25, 0.3) is 5.91 Å². The number of halogens is 1. The van der Waals surface area contributed by atoms with Gasteiger partial charge >= 0.3 is 0 Å². The summed E-state index contributed by atoms with van der Waals surface area (Å²) in [5.41, 5.74) is 0.529. The number of thiophene rings is 1. The minimum atomic E-state index is -0.433. The smallest absolute Gasteiger partial charge is 0.252 e. The Hall–Kier alpha value is -2.06. The van der Waals surface area contributed by atoms with Crippen molar-refractivity contribution in [2.75, 3.05) is 24.5 Å². The molecule has 4 atom stereocenters. The zero-order valence-corrected chi connectivity index (χ0v) is 14.9. The number of rotatable bonds is 4. The number of carbonyl (C=O) groups excluding carboxylic acids is 1. The fourth-order valence-corrected chi connectivity index (χ4v) is 5.43. The van der Waals surface area contributed by atoms with E-state index >= 15 is 0 Å². The van der Waals surface area contributed by atoms with E-state index in [2.05, 4.69) is 20.2 Å². The highest BCUT2D eigenvalue weighted by Crippen LogP contribution is 2.54. The van der Waals surface area contributed by atoms with Crippen LogP contribution in [-0.2, 0) is 4.74 Å². The Kier molecular flexibility index (Phi) is 3.72. The van der Waals surface area contributed by atoms with Crippen molar-refractivity contribution in [2.45, 2.75) is 24.5 Å². The van der Waals surface area contributed by atoms with Gasteiger partial charge in [-0.25, -0.2) is 14.4 Å². The third-order valence-electron chi connectivity index (χ3n) is 5.96. The van der Waals surface area contributed by atoms with Crippen molar-refractivity contribution in [3.8, 4) is 0 Å². The molecular weight excluding hydrogens is 355 g/mol. The second-order valence-electron chi connectivity index (χ2n) is 7.33. The number of amides is 1. The van der Waals surface area contributed by atoms with Gasteiger partial charge in [0.2, 0.25) is 5.95 Å². The van der Waals surface area contributed by atoms with Crippen molar-refractivity contribution < 1.29 is 13.9 Å². The maximum Gasteiger partial charge on any atom is 0.252 e. The van der Waals surface area contributed by atoms with Gasteiger partial charge in [-0.05, 0) is 24.3 Å². The summed E-state index contributed by atoms with van der Waals surface area (Å²) < 4.78 is 19.5. The lowest BCUT2D eigenvalue weighted by atomic mass is 9.73. The van der Waals surface area contributed by atoms with Crippen LogP contribution in [-0.4, -0.2) is 47.2 Å². The van der Waals surface area contributed by atoms with Crippen LogP contribution in [0.1, 0.15) is 23.2 Å². The first kappa shape index (κ1) is 16.1. The van der Waals surface area contributed by atoms with E-state index < -0.39 is 5.82 Å². The van der Waals surface area contributed by atoms with Crippen LogP contribution < -0.4 is 10.2 Å². The van der Waals surface area contributed by atoms with E-state index in [1.54, 1.807) is 0 Å². The average molecular weight is 374 g/mol. The summed E-state index contributed by atoms with van der Waals surface area (Å²) in [4.78, 5) is 22.6. The van der Waals surface area contributed by atoms with Crippen LogP contribution in [0, 0.1) is 17.7 Å². The molecule has 0 saturated carbocycles. The fraction of sp³-hybridized carbons (Fsp3) is 0.500. The van der Waals surface area contributed by atoms with Crippen molar-refractivity contribution in [1.29, 1.82) is 0 Å². The summed E-state index contributed by atoms with van der Waals surface area (Å²) >= 11 is 1.52. The number of hydrogen-bond donors (Lipinski definition) is 1. The number of ether oxygens (including phenoxy) is 1. The minimum Gasteiger partial charge on any atom is -0.369 e. The molecule has 6 nitrogen and oxygen atoms in total. The van der Waals surface area contributed by atoms with Gasteiger partial charge in [-0.3, -0.25) is 4.79 Å². The monoisotopic (exact) mass is 374 g/mol. The van der Waals surface area contributed by atoms with Crippen LogP contribution in [0.25, 0.3) is 0 Å². The highest BCUT2D eigenvalue weighted by Gasteiger charge is 2.63. The fourth-order valence-electron chi connectivity index (χ4n) is 4.79. The first-order valence-electron chi connectivity index (χ1n) is 8.85. The summed E-state index contributed by atoms with van der Waals surface area (Å²) in [6.45, 7) is 2.12. The second-order valence-corrected chi connectivity index (χ2v) is 8.11. The van der Waals surface area contributed by atoms with Crippen LogP contribution >= 0.6 is 11.3 Å². The molecule has 2 aromatic rings. The van der Waals surface area contributed by atoms with Crippen molar-refractivity contribution in [3.05, 3.63) is 40.6 Å². The molecule has 1 spiro atoms. The second kappa shape index (κ2) is 5.99. The lowest BCUT2D eigenvalue weighted by molar-refractivity contribution is 0.0141. The molecule has 0 aromatic carbocycles. The minimum absolute atomic E-state index is 0.0280. The average Bonchev–Trinajstić information content (AvgIpc) is 3.40. The Morgan fingerprint density at radius 1 is 1.46 bits per heavy atom. The molecule has 1 amide bonds. The molecule has 3 fully saturated rings. The Labute approximate surface area is 154 Å². The quantitative estimate of drug-likeness (QED) is 0.888. The number of carbonyl (C=O) groups is 1. The van der Waals surface area contributed by atoms with Gasteiger partial charge in [0, 0.05) is 35.9 Å². The molecule has 3 aliphatic heterocycles. The lowest BCUT2D eigenvalue weighted by Crippen LogP contribution is -2.41. The third-order valence-corrected chi connectivity index (χ3v) is 6.64. The van der Waals surface area contributed by atoms with Gasteiger partial charge in [-0.2, -0.15) is 11.3 Å². The third kappa shape index (κ3) is 2.51. The van der Waals surface area contributed by atoms with E-state index in [4.69, 9.17) is 4.74 Å². The molecular formula is C18H19FN4O2S. The predicted octanol–water partition coefficient (Wildman–Crippen LogP) is 2.09. The SMILES string of the molecule is O=C(NC[C@H]1[C@H]2CN(c3ncc(F)cn3)C[C@]23CC[C@H]1O3)c1ccsc1. The van der Waals surface area contributed by atoms with E-state index in [9.17, 15) is 9.18 Å². The highest BCUT2D eigenvalue weighted by molar-refractivity contribution is 7.08. The number of anilines is 1. The molecule has 0 radical (unpaired) electrons. The first-order chi connectivity index (χ1) is 12.6. The standard InChI is InChI=1S/C18H19FN4O2S/c19-12-5-21-17(22-6-12)23-8-14-13(15-1-3-18(14,10-23)25-15)7-20-16(24)11-2-4-26-9-11/h2,4-6,9,13-15H,1,3,7-8,10H2,(H,20,24)/t13-,14+,15+,18+/m0/s1. The molecule has 8 heteroatoms. The maximum atomic E-state index is 13.1. The van der Waals surface area contributed by atoms with Crippen LogP contribution in [0.2, 0.25) is 0 Å². The Balaban J connectivity index is 1.30. The highest BCUT2D eigenvalue weighted by atomic mass is 32.1. The number of aromatic nitrogens is 2. The van der Waals surface area contributed by atoms with Crippen molar-refractivity contribution >= 4 is 23.2 Å². The van der Waals surface area contributed by atoms with Crippen molar-refractivity contribution in [1.82, 2.24) is 15.3 Å². The van der Waals surface area contributed by atoms with Gasteiger partial charge in [-0.15, -0.1) is 0 Å². The van der Waals surface area contributed by atoms with Gasteiger partial charge in [-0.1, -0.05) is 0 Å². The molecule has 5 heterocycles. The molecule has 3 aliphatic rings. The summed E-state index contributed by atoms with van der Waals surface area (Å²) in [5.74, 6) is 0.704. The number of fused-ring (bicyclic) bond motifs is 1.